The van der Waals surface area contributed by atoms with E-state index in [9.17, 15) is 4.79 Å². The van der Waals surface area contributed by atoms with Gasteiger partial charge in [0.1, 0.15) is 5.82 Å². The van der Waals surface area contributed by atoms with Crippen LogP contribution in [0, 0.1) is 5.92 Å². The number of halogens is 1. The van der Waals surface area contributed by atoms with Crippen LogP contribution in [0.15, 0.2) is 34.8 Å². The fourth-order valence-electron chi connectivity index (χ4n) is 2.49. The van der Waals surface area contributed by atoms with Crippen LogP contribution < -0.4 is 10.2 Å². The second-order valence-electron chi connectivity index (χ2n) is 5.77. The number of aromatic nitrogens is 1. The molecule has 1 aromatic carbocycles. The maximum Gasteiger partial charge on any atom is 0.226 e. The highest BCUT2D eigenvalue weighted by Crippen LogP contribution is 2.26. The Bertz CT molecular complexity index is 680. The summed E-state index contributed by atoms with van der Waals surface area (Å²) in [7, 11) is 0. The number of rotatable bonds is 3. The van der Waals surface area contributed by atoms with Crippen LogP contribution in [-0.4, -0.2) is 30.0 Å². The molecular formula is C16H18BrN3O. The minimum Gasteiger partial charge on any atom is -0.355 e. The molecule has 1 aliphatic rings. The molecule has 21 heavy (non-hydrogen) atoms. The van der Waals surface area contributed by atoms with Crippen LogP contribution in [0.2, 0.25) is 0 Å². The first-order valence-electron chi connectivity index (χ1n) is 7.14. The van der Waals surface area contributed by atoms with Crippen molar-refractivity contribution in [2.75, 3.05) is 18.0 Å². The average Bonchev–Trinajstić information content (AvgIpc) is 2.35. The van der Waals surface area contributed by atoms with Gasteiger partial charge in [0, 0.05) is 29.0 Å². The van der Waals surface area contributed by atoms with Gasteiger partial charge in [-0.1, -0.05) is 22.0 Å². The summed E-state index contributed by atoms with van der Waals surface area (Å²) < 4.78 is 1.03. The van der Waals surface area contributed by atoms with Crippen LogP contribution in [0.4, 0.5) is 5.82 Å². The number of hydrogen-bond donors (Lipinski definition) is 1. The van der Waals surface area contributed by atoms with E-state index in [0.29, 0.717) is 0 Å². The van der Waals surface area contributed by atoms with E-state index in [4.69, 9.17) is 0 Å². The summed E-state index contributed by atoms with van der Waals surface area (Å²) in [5.74, 6) is 1.16. The summed E-state index contributed by atoms with van der Waals surface area (Å²) in [5, 5.41) is 4.08. The molecular weight excluding hydrogens is 330 g/mol. The van der Waals surface area contributed by atoms with Crippen molar-refractivity contribution in [3.63, 3.8) is 0 Å². The maximum absolute atomic E-state index is 11.9. The Hall–Kier alpha value is -1.62. The minimum atomic E-state index is 0.0763. The van der Waals surface area contributed by atoms with Gasteiger partial charge in [0.05, 0.1) is 11.4 Å². The average molecular weight is 348 g/mol. The molecule has 0 aliphatic carbocycles. The quantitative estimate of drug-likeness (QED) is 0.928. The summed E-state index contributed by atoms with van der Waals surface area (Å²) in [6.07, 6.45) is 0. The van der Waals surface area contributed by atoms with Crippen molar-refractivity contribution in [1.29, 1.82) is 0 Å². The molecule has 1 aromatic heterocycles. The normalized spacial score (nSPS) is 15.3. The first-order chi connectivity index (χ1) is 10.0. The molecule has 0 bridgehead atoms. The largest absolute Gasteiger partial charge is 0.355 e. The van der Waals surface area contributed by atoms with Gasteiger partial charge in [-0.2, -0.15) is 0 Å². The Morgan fingerprint density at radius 2 is 2.05 bits per heavy atom. The monoisotopic (exact) mass is 347 g/mol. The highest BCUT2D eigenvalue weighted by molar-refractivity contribution is 9.10. The fraction of sp³-hybridized carbons (Fsp3) is 0.375. The van der Waals surface area contributed by atoms with Crippen molar-refractivity contribution in [3.8, 4) is 0 Å². The molecule has 0 spiro atoms. The molecule has 2 heterocycles. The number of carbonyl (C=O) groups is 1. The van der Waals surface area contributed by atoms with E-state index in [1.807, 2.05) is 38.1 Å². The summed E-state index contributed by atoms with van der Waals surface area (Å²) >= 11 is 3.47. The highest BCUT2D eigenvalue weighted by Gasteiger charge is 2.33. The van der Waals surface area contributed by atoms with Gasteiger partial charge in [0.2, 0.25) is 5.91 Å². The van der Waals surface area contributed by atoms with Gasteiger partial charge in [-0.25, -0.2) is 4.98 Å². The molecule has 3 rings (SSSR count). The molecule has 0 saturated carbocycles. The SMILES string of the molecule is CC(C)NC(=O)C1CN(c2ccc3ccc(Br)cc3n2)C1. The first kappa shape index (κ1) is 14.3. The number of fused-ring (bicyclic) bond motifs is 1. The van der Waals surface area contributed by atoms with E-state index in [0.717, 1.165) is 34.3 Å². The zero-order valence-electron chi connectivity index (χ0n) is 12.1. The molecule has 1 fully saturated rings. The Kier molecular flexibility index (Phi) is 3.85. The van der Waals surface area contributed by atoms with E-state index in [1.54, 1.807) is 0 Å². The number of benzene rings is 1. The molecule has 110 valence electrons. The van der Waals surface area contributed by atoms with Gasteiger partial charge in [0.25, 0.3) is 0 Å². The van der Waals surface area contributed by atoms with Crippen LogP contribution in [0.1, 0.15) is 13.8 Å². The van der Waals surface area contributed by atoms with Crippen LogP contribution >= 0.6 is 15.9 Å². The van der Waals surface area contributed by atoms with Gasteiger partial charge in [-0.05, 0) is 38.1 Å². The summed E-state index contributed by atoms with van der Waals surface area (Å²) in [5.41, 5.74) is 0.969. The summed E-state index contributed by atoms with van der Waals surface area (Å²) in [6.45, 7) is 5.45. The molecule has 1 aliphatic heterocycles. The molecule has 0 unspecified atom stereocenters. The standard InChI is InChI=1S/C16H18BrN3O/c1-10(2)18-16(21)12-8-20(9-12)15-6-4-11-3-5-13(17)7-14(11)19-15/h3-7,10,12H,8-9H2,1-2H3,(H,18,21). The molecule has 0 atom stereocenters. The van der Waals surface area contributed by atoms with Crippen molar-refractivity contribution in [2.45, 2.75) is 19.9 Å². The zero-order chi connectivity index (χ0) is 15.0. The van der Waals surface area contributed by atoms with E-state index in [2.05, 4.69) is 37.2 Å². The fourth-order valence-corrected chi connectivity index (χ4v) is 2.84. The molecule has 1 amide bonds. The van der Waals surface area contributed by atoms with E-state index in [-0.39, 0.29) is 17.9 Å². The number of carbonyl (C=O) groups excluding carboxylic acids is 1. The van der Waals surface area contributed by atoms with E-state index < -0.39 is 0 Å². The Morgan fingerprint density at radius 3 is 2.76 bits per heavy atom. The lowest BCUT2D eigenvalue weighted by atomic mass is 9.98. The smallest absolute Gasteiger partial charge is 0.226 e. The van der Waals surface area contributed by atoms with Crippen LogP contribution in [0.5, 0.6) is 0 Å². The molecule has 1 N–H and O–H groups in total. The molecule has 1 saturated heterocycles. The summed E-state index contributed by atoms with van der Waals surface area (Å²) in [4.78, 5) is 18.7. The molecule has 0 radical (unpaired) electrons. The van der Waals surface area contributed by atoms with Crippen molar-refractivity contribution in [3.05, 3.63) is 34.8 Å². The van der Waals surface area contributed by atoms with Gasteiger partial charge < -0.3 is 10.2 Å². The van der Waals surface area contributed by atoms with Crippen LogP contribution in [0.3, 0.4) is 0 Å². The second kappa shape index (κ2) is 5.64. The highest BCUT2D eigenvalue weighted by atomic mass is 79.9. The van der Waals surface area contributed by atoms with Crippen molar-refractivity contribution < 1.29 is 4.79 Å². The maximum atomic E-state index is 11.9. The van der Waals surface area contributed by atoms with Gasteiger partial charge in [-0.15, -0.1) is 0 Å². The van der Waals surface area contributed by atoms with Crippen LogP contribution in [-0.2, 0) is 4.79 Å². The lowest BCUT2D eigenvalue weighted by molar-refractivity contribution is -0.126. The number of nitrogens with zero attached hydrogens (tertiary/aromatic N) is 2. The third kappa shape index (κ3) is 3.02. The number of anilines is 1. The lowest BCUT2D eigenvalue weighted by Gasteiger charge is -2.39. The number of amides is 1. The lowest BCUT2D eigenvalue weighted by Crippen LogP contribution is -2.54. The molecule has 4 nitrogen and oxygen atoms in total. The topological polar surface area (TPSA) is 45.2 Å². The Labute approximate surface area is 132 Å². The Morgan fingerprint density at radius 1 is 1.33 bits per heavy atom. The van der Waals surface area contributed by atoms with Gasteiger partial charge >= 0.3 is 0 Å². The second-order valence-corrected chi connectivity index (χ2v) is 6.69. The number of pyridine rings is 1. The predicted octanol–water partition coefficient (Wildman–Crippen LogP) is 2.96. The minimum absolute atomic E-state index is 0.0763. The van der Waals surface area contributed by atoms with Gasteiger partial charge in [-0.3, -0.25) is 4.79 Å². The molecule has 5 heteroatoms. The zero-order valence-corrected chi connectivity index (χ0v) is 13.7. The Balaban J connectivity index is 1.71. The third-order valence-electron chi connectivity index (χ3n) is 3.65. The van der Waals surface area contributed by atoms with E-state index >= 15 is 0 Å². The van der Waals surface area contributed by atoms with Gasteiger partial charge in [0.15, 0.2) is 0 Å². The third-order valence-corrected chi connectivity index (χ3v) is 4.14. The van der Waals surface area contributed by atoms with E-state index in [1.165, 1.54) is 0 Å². The van der Waals surface area contributed by atoms with Crippen molar-refractivity contribution in [1.82, 2.24) is 10.3 Å². The molecule has 2 aromatic rings. The van der Waals surface area contributed by atoms with Crippen molar-refractivity contribution >= 4 is 38.6 Å². The predicted molar refractivity (Wildman–Crippen MR) is 88.4 cm³/mol. The first-order valence-corrected chi connectivity index (χ1v) is 7.94. The van der Waals surface area contributed by atoms with Crippen LogP contribution in [0.25, 0.3) is 10.9 Å². The number of nitrogens with one attached hydrogen (secondary N) is 1. The number of hydrogen-bond acceptors (Lipinski definition) is 3. The van der Waals surface area contributed by atoms with Crippen molar-refractivity contribution in [2.24, 2.45) is 5.92 Å². The summed E-state index contributed by atoms with van der Waals surface area (Å²) in [6, 6.07) is 10.4.